The van der Waals surface area contributed by atoms with Crippen molar-refractivity contribution in [2.45, 2.75) is 0 Å². The average Bonchev–Trinajstić information content (AvgIpc) is 2.55. The summed E-state index contributed by atoms with van der Waals surface area (Å²) >= 11 is 3.42. The maximum atomic E-state index is 11.6. The Morgan fingerprint density at radius 1 is 1.47 bits per heavy atom. The summed E-state index contributed by atoms with van der Waals surface area (Å²) in [5.41, 5.74) is 1.76. The Balaban J connectivity index is 2.73. The third kappa shape index (κ3) is 1.65. The number of nitrogens with one attached hydrogen (secondary N) is 1. The second kappa shape index (κ2) is 3.70. The summed E-state index contributed by atoms with van der Waals surface area (Å²) in [6.07, 6.45) is 1.84. The Labute approximate surface area is 96.2 Å². The molecule has 0 bridgehead atoms. The topological polar surface area (TPSA) is 34.0 Å². The zero-order chi connectivity index (χ0) is 11.0. The van der Waals surface area contributed by atoms with E-state index in [1.807, 2.05) is 36.0 Å². The number of benzene rings is 1. The maximum Gasteiger partial charge on any atom is 0.253 e. The summed E-state index contributed by atoms with van der Waals surface area (Å²) in [6, 6.07) is 5.89. The van der Waals surface area contributed by atoms with Gasteiger partial charge in [0.1, 0.15) is 0 Å². The minimum absolute atomic E-state index is 0.0528. The molecule has 1 heterocycles. The third-order valence-electron chi connectivity index (χ3n) is 2.42. The van der Waals surface area contributed by atoms with Crippen LogP contribution >= 0.6 is 15.9 Å². The van der Waals surface area contributed by atoms with Crippen LogP contribution in [0.1, 0.15) is 10.4 Å². The largest absolute Gasteiger partial charge is 0.355 e. The van der Waals surface area contributed by atoms with E-state index in [1.54, 1.807) is 7.05 Å². The predicted octanol–water partition coefficient (Wildman–Crippen LogP) is 2.30. The van der Waals surface area contributed by atoms with Gasteiger partial charge in [-0.1, -0.05) is 22.0 Å². The fraction of sp³-hybridized carbons (Fsp3) is 0.182. The van der Waals surface area contributed by atoms with Gasteiger partial charge in [-0.15, -0.1) is 0 Å². The quantitative estimate of drug-likeness (QED) is 0.845. The third-order valence-corrected chi connectivity index (χ3v) is 2.92. The first kappa shape index (κ1) is 10.2. The lowest BCUT2D eigenvalue weighted by atomic mass is 10.2. The van der Waals surface area contributed by atoms with E-state index in [1.165, 1.54) is 0 Å². The first-order valence-corrected chi connectivity index (χ1v) is 5.39. The first-order valence-electron chi connectivity index (χ1n) is 4.60. The molecule has 1 aromatic heterocycles. The van der Waals surface area contributed by atoms with Gasteiger partial charge in [0, 0.05) is 35.7 Å². The monoisotopic (exact) mass is 266 g/mol. The standard InChI is InChI=1S/C11H11BrN2O/c1-13-11(15)9-6-14(2)10-5-7(12)3-4-8(9)10/h3-6H,1-2H3,(H,13,15). The normalized spacial score (nSPS) is 10.6. The smallest absolute Gasteiger partial charge is 0.253 e. The van der Waals surface area contributed by atoms with Gasteiger partial charge in [0.2, 0.25) is 0 Å². The van der Waals surface area contributed by atoms with Crippen LogP contribution < -0.4 is 5.32 Å². The lowest BCUT2D eigenvalue weighted by Gasteiger charge is -1.97. The van der Waals surface area contributed by atoms with Crippen molar-refractivity contribution in [3.63, 3.8) is 0 Å². The van der Waals surface area contributed by atoms with Gasteiger partial charge in [-0.3, -0.25) is 4.79 Å². The van der Waals surface area contributed by atoms with Gasteiger partial charge in [0.25, 0.3) is 5.91 Å². The summed E-state index contributed by atoms with van der Waals surface area (Å²) in [6.45, 7) is 0. The summed E-state index contributed by atoms with van der Waals surface area (Å²) in [4.78, 5) is 11.6. The Kier molecular flexibility index (Phi) is 2.52. The predicted molar refractivity (Wildman–Crippen MR) is 64.0 cm³/mol. The average molecular weight is 267 g/mol. The molecule has 0 fully saturated rings. The number of carbonyl (C=O) groups excluding carboxylic acids is 1. The first-order chi connectivity index (χ1) is 7.13. The van der Waals surface area contributed by atoms with Crippen molar-refractivity contribution < 1.29 is 4.79 Å². The summed E-state index contributed by atoms with van der Waals surface area (Å²) in [7, 11) is 3.57. The van der Waals surface area contributed by atoms with Crippen LogP contribution in [0, 0.1) is 0 Å². The van der Waals surface area contributed by atoms with Crippen molar-refractivity contribution >= 4 is 32.7 Å². The zero-order valence-corrected chi connectivity index (χ0v) is 10.1. The molecule has 0 unspecified atom stereocenters. The van der Waals surface area contributed by atoms with Crippen molar-refractivity contribution in [2.75, 3.05) is 7.05 Å². The molecule has 1 N–H and O–H groups in total. The van der Waals surface area contributed by atoms with Crippen LogP contribution in [-0.4, -0.2) is 17.5 Å². The molecule has 2 aromatic rings. The molecule has 0 spiro atoms. The molecule has 0 saturated heterocycles. The Morgan fingerprint density at radius 2 is 2.20 bits per heavy atom. The molecule has 0 aliphatic carbocycles. The molecule has 0 aliphatic rings. The molecule has 0 aliphatic heterocycles. The fourth-order valence-corrected chi connectivity index (χ4v) is 2.02. The second-order valence-electron chi connectivity index (χ2n) is 3.39. The molecule has 1 amide bonds. The number of amides is 1. The summed E-state index contributed by atoms with van der Waals surface area (Å²) in [5.74, 6) is -0.0528. The van der Waals surface area contributed by atoms with Gasteiger partial charge in [-0.05, 0) is 12.1 Å². The molecule has 4 heteroatoms. The highest BCUT2D eigenvalue weighted by Gasteiger charge is 2.12. The molecular weight excluding hydrogens is 256 g/mol. The molecule has 3 nitrogen and oxygen atoms in total. The van der Waals surface area contributed by atoms with E-state index in [9.17, 15) is 4.79 Å². The van der Waals surface area contributed by atoms with Gasteiger partial charge in [0.15, 0.2) is 0 Å². The molecular formula is C11H11BrN2O. The number of carbonyl (C=O) groups is 1. The summed E-state index contributed by atoms with van der Waals surface area (Å²) in [5, 5.41) is 3.61. The Hall–Kier alpha value is -1.29. The van der Waals surface area contributed by atoms with Gasteiger partial charge >= 0.3 is 0 Å². The van der Waals surface area contributed by atoms with Crippen molar-refractivity contribution in [1.29, 1.82) is 0 Å². The van der Waals surface area contributed by atoms with Crippen molar-refractivity contribution in [1.82, 2.24) is 9.88 Å². The van der Waals surface area contributed by atoms with E-state index in [-0.39, 0.29) is 5.91 Å². The lowest BCUT2D eigenvalue weighted by Crippen LogP contribution is -2.17. The fourth-order valence-electron chi connectivity index (χ4n) is 1.67. The van der Waals surface area contributed by atoms with E-state index in [0.717, 1.165) is 15.4 Å². The van der Waals surface area contributed by atoms with Crippen molar-refractivity contribution in [3.05, 3.63) is 34.4 Å². The molecule has 15 heavy (non-hydrogen) atoms. The van der Waals surface area contributed by atoms with E-state index in [0.29, 0.717) is 5.56 Å². The number of hydrogen-bond acceptors (Lipinski definition) is 1. The van der Waals surface area contributed by atoms with E-state index in [2.05, 4.69) is 21.2 Å². The van der Waals surface area contributed by atoms with Crippen LogP contribution in [-0.2, 0) is 7.05 Å². The number of hydrogen-bond donors (Lipinski definition) is 1. The minimum Gasteiger partial charge on any atom is -0.355 e. The Bertz CT molecular complexity index is 531. The number of aromatic nitrogens is 1. The van der Waals surface area contributed by atoms with Crippen LogP contribution in [0.2, 0.25) is 0 Å². The maximum absolute atomic E-state index is 11.6. The number of fused-ring (bicyclic) bond motifs is 1. The van der Waals surface area contributed by atoms with E-state index in [4.69, 9.17) is 0 Å². The van der Waals surface area contributed by atoms with Gasteiger partial charge in [-0.25, -0.2) is 0 Å². The van der Waals surface area contributed by atoms with Crippen LogP contribution in [0.25, 0.3) is 10.9 Å². The number of aryl methyl sites for hydroxylation is 1. The van der Waals surface area contributed by atoms with Crippen molar-refractivity contribution in [3.8, 4) is 0 Å². The number of halogens is 1. The minimum atomic E-state index is -0.0528. The van der Waals surface area contributed by atoms with Gasteiger partial charge in [0.05, 0.1) is 5.56 Å². The summed E-state index contributed by atoms with van der Waals surface area (Å²) < 4.78 is 2.96. The molecule has 0 atom stereocenters. The molecule has 0 radical (unpaired) electrons. The molecule has 2 rings (SSSR count). The highest BCUT2D eigenvalue weighted by molar-refractivity contribution is 9.10. The van der Waals surface area contributed by atoms with Crippen molar-refractivity contribution in [2.24, 2.45) is 7.05 Å². The highest BCUT2D eigenvalue weighted by atomic mass is 79.9. The van der Waals surface area contributed by atoms with Crippen LogP contribution in [0.4, 0.5) is 0 Å². The highest BCUT2D eigenvalue weighted by Crippen LogP contribution is 2.24. The SMILES string of the molecule is CNC(=O)c1cn(C)c2cc(Br)ccc12. The lowest BCUT2D eigenvalue weighted by molar-refractivity contribution is 0.0964. The van der Waals surface area contributed by atoms with E-state index >= 15 is 0 Å². The van der Waals surface area contributed by atoms with Gasteiger partial charge < -0.3 is 9.88 Å². The second-order valence-corrected chi connectivity index (χ2v) is 4.31. The van der Waals surface area contributed by atoms with Gasteiger partial charge in [-0.2, -0.15) is 0 Å². The Morgan fingerprint density at radius 3 is 2.87 bits per heavy atom. The number of nitrogens with zero attached hydrogens (tertiary/aromatic N) is 1. The molecule has 0 saturated carbocycles. The zero-order valence-electron chi connectivity index (χ0n) is 8.54. The van der Waals surface area contributed by atoms with Crippen LogP contribution in [0.3, 0.4) is 0 Å². The van der Waals surface area contributed by atoms with Crippen LogP contribution in [0.5, 0.6) is 0 Å². The van der Waals surface area contributed by atoms with E-state index < -0.39 is 0 Å². The number of rotatable bonds is 1. The van der Waals surface area contributed by atoms with Crippen LogP contribution in [0.15, 0.2) is 28.9 Å². The molecule has 1 aromatic carbocycles. The molecule has 78 valence electrons.